The van der Waals surface area contributed by atoms with E-state index >= 15 is 0 Å². The fraction of sp³-hybridized carbons (Fsp3) is 0.429. The van der Waals surface area contributed by atoms with Crippen LogP contribution in [0.3, 0.4) is 0 Å². The molecule has 1 heterocycles. The maximum absolute atomic E-state index is 11.9. The van der Waals surface area contributed by atoms with Gasteiger partial charge in [-0.2, -0.15) is 0 Å². The standard InChI is InChI=1S/C14H19N3O3/c1-20-12-4-2-10(3-5-12)13(18)17-14(19)16-11-6-8-15-9-7-11/h2-5,11,15H,6-9H2,1H3,(H2,16,17,18,19). The van der Waals surface area contributed by atoms with E-state index in [1.165, 1.54) is 0 Å². The Morgan fingerprint density at radius 3 is 2.45 bits per heavy atom. The van der Waals surface area contributed by atoms with Crippen LogP contribution in [0.2, 0.25) is 0 Å². The van der Waals surface area contributed by atoms with Gasteiger partial charge in [-0.1, -0.05) is 0 Å². The van der Waals surface area contributed by atoms with Crippen molar-refractivity contribution in [1.82, 2.24) is 16.0 Å². The number of nitrogens with one attached hydrogen (secondary N) is 3. The van der Waals surface area contributed by atoms with Crippen molar-refractivity contribution < 1.29 is 14.3 Å². The molecule has 6 heteroatoms. The van der Waals surface area contributed by atoms with Crippen molar-refractivity contribution in [1.29, 1.82) is 0 Å². The van der Waals surface area contributed by atoms with Gasteiger partial charge in [-0.05, 0) is 50.2 Å². The molecule has 0 unspecified atom stereocenters. The van der Waals surface area contributed by atoms with Crippen LogP contribution in [0.5, 0.6) is 5.75 Å². The normalized spacial score (nSPS) is 15.4. The largest absolute Gasteiger partial charge is 0.497 e. The Bertz CT molecular complexity index is 467. The van der Waals surface area contributed by atoms with Crippen LogP contribution >= 0.6 is 0 Å². The number of imide groups is 1. The Labute approximate surface area is 117 Å². The number of amides is 3. The Balaban J connectivity index is 1.84. The van der Waals surface area contributed by atoms with E-state index in [9.17, 15) is 9.59 Å². The molecule has 3 N–H and O–H groups in total. The zero-order chi connectivity index (χ0) is 14.4. The number of benzene rings is 1. The zero-order valence-electron chi connectivity index (χ0n) is 11.4. The van der Waals surface area contributed by atoms with Crippen molar-refractivity contribution in [2.45, 2.75) is 18.9 Å². The molecule has 0 spiro atoms. The highest BCUT2D eigenvalue weighted by molar-refractivity contribution is 6.04. The number of carbonyl (C=O) groups is 2. The first kappa shape index (κ1) is 14.3. The summed E-state index contributed by atoms with van der Waals surface area (Å²) < 4.78 is 5.01. The molecule has 20 heavy (non-hydrogen) atoms. The first-order valence-corrected chi connectivity index (χ1v) is 6.65. The molecule has 1 aliphatic heterocycles. The summed E-state index contributed by atoms with van der Waals surface area (Å²) in [6.45, 7) is 1.77. The number of piperidine rings is 1. The van der Waals surface area contributed by atoms with E-state index in [1.807, 2.05) is 0 Å². The Morgan fingerprint density at radius 2 is 1.85 bits per heavy atom. The molecule has 1 saturated heterocycles. The van der Waals surface area contributed by atoms with Gasteiger partial charge >= 0.3 is 6.03 Å². The van der Waals surface area contributed by atoms with Gasteiger partial charge in [0.15, 0.2) is 0 Å². The van der Waals surface area contributed by atoms with Gasteiger partial charge in [-0.15, -0.1) is 0 Å². The molecule has 0 bridgehead atoms. The molecule has 3 amide bonds. The van der Waals surface area contributed by atoms with Crippen LogP contribution < -0.4 is 20.7 Å². The third-order valence-electron chi connectivity index (χ3n) is 3.25. The molecule has 2 rings (SSSR count). The molecule has 6 nitrogen and oxygen atoms in total. The molecular formula is C14H19N3O3. The molecule has 1 aromatic rings. The van der Waals surface area contributed by atoms with Crippen LogP contribution in [0.15, 0.2) is 24.3 Å². The van der Waals surface area contributed by atoms with Gasteiger partial charge in [-0.25, -0.2) is 4.79 Å². The molecule has 0 aromatic heterocycles. The van der Waals surface area contributed by atoms with Gasteiger partial charge in [0.1, 0.15) is 5.75 Å². The highest BCUT2D eigenvalue weighted by Crippen LogP contribution is 2.11. The van der Waals surface area contributed by atoms with Gasteiger partial charge in [0.25, 0.3) is 5.91 Å². The molecule has 1 aliphatic rings. The van der Waals surface area contributed by atoms with Crippen molar-refractivity contribution in [3.8, 4) is 5.75 Å². The molecule has 0 saturated carbocycles. The van der Waals surface area contributed by atoms with E-state index in [2.05, 4.69) is 16.0 Å². The summed E-state index contributed by atoms with van der Waals surface area (Å²) in [5, 5.41) is 8.35. The maximum atomic E-state index is 11.9. The van der Waals surface area contributed by atoms with Gasteiger partial charge < -0.3 is 15.4 Å². The van der Waals surface area contributed by atoms with E-state index in [1.54, 1.807) is 31.4 Å². The number of hydrogen-bond donors (Lipinski definition) is 3. The second-order valence-electron chi connectivity index (χ2n) is 4.68. The summed E-state index contributed by atoms with van der Waals surface area (Å²) in [7, 11) is 1.56. The molecule has 108 valence electrons. The lowest BCUT2D eigenvalue weighted by Gasteiger charge is -2.23. The van der Waals surface area contributed by atoms with Crippen LogP contribution in [-0.2, 0) is 0 Å². The van der Waals surface area contributed by atoms with Crippen molar-refractivity contribution >= 4 is 11.9 Å². The van der Waals surface area contributed by atoms with E-state index in [-0.39, 0.29) is 6.04 Å². The predicted molar refractivity (Wildman–Crippen MR) is 74.9 cm³/mol. The average Bonchev–Trinajstić information content (AvgIpc) is 2.48. The number of urea groups is 1. The first-order valence-electron chi connectivity index (χ1n) is 6.65. The van der Waals surface area contributed by atoms with Crippen molar-refractivity contribution in [2.75, 3.05) is 20.2 Å². The predicted octanol–water partition coefficient (Wildman–Crippen LogP) is 0.887. The lowest BCUT2D eigenvalue weighted by Crippen LogP contribution is -2.48. The lowest BCUT2D eigenvalue weighted by atomic mass is 10.1. The molecule has 0 radical (unpaired) electrons. The minimum atomic E-state index is -0.447. The Morgan fingerprint density at radius 1 is 1.20 bits per heavy atom. The number of rotatable bonds is 3. The smallest absolute Gasteiger partial charge is 0.321 e. The topological polar surface area (TPSA) is 79.5 Å². The molecule has 1 fully saturated rings. The maximum Gasteiger partial charge on any atom is 0.321 e. The summed E-state index contributed by atoms with van der Waals surface area (Å²) in [5.74, 6) is 0.250. The van der Waals surface area contributed by atoms with Crippen LogP contribution in [0.25, 0.3) is 0 Å². The van der Waals surface area contributed by atoms with Crippen molar-refractivity contribution in [3.05, 3.63) is 29.8 Å². The quantitative estimate of drug-likeness (QED) is 0.766. The average molecular weight is 277 g/mol. The van der Waals surface area contributed by atoms with Crippen LogP contribution in [0.4, 0.5) is 4.79 Å². The van der Waals surface area contributed by atoms with E-state index in [0.717, 1.165) is 25.9 Å². The number of carbonyl (C=O) groups excluding carboxylic acids is 2. The molecular weight excluding hydrogens is 258 g/mol. The SMILES string of the molecule is COc1ccc(C(=O)NC(=O)NC2CCNCC2)cc1. The molecule has 1 aromatic carbocycles. The molecule has 0 atom stereocenters. The second-order valence-corrected chi connectivity index (χ2v) is 4.68. The summed E-state index contributed by atoms with van der Waals surface area (Å²) in [6, 6.07) is 6.27. The van der Waals surface area contributed by atoms with Gasteiger partial charge in [0.05, 0.1) is 7.11 Å². The monoisotopic (exact) mass is 277 g/mol. The van der Waals surface area contributed by atoms with Crippen LogP contribution in [-0.4, -0.2) is 38.2 Å². The van der Waals surface area contributed by atoms with Gasteiger partial charge in [-0.3, -0.25) is 10.1 Å². The summed E-state index contributed by atoms with van der Waals surface area (Å²) in [5.41, 5.74) is 0.422. The summed E-state index contributed by atoms with van der Waals surface area (Å²) in [4.78, 5) is 23.6. The van der Waals surface area contributed by atoms with E-state index in [4.69, 9.17) is 4.74 Å². The summed E-state index contributed by atoms with van der Waals surface area (Å²) >= 11 is 0. The van der Waals surface area contributed by atoms with Gasteiger partial charge in [0.2, 0.25) is 0 Å². The third-order valence-corrected chi connectivity index (χ3v) is 3.25. The second kappa shape index (κ2) is 6.91. The molecule has 0 aliphatic carbocycles. The highest BCUT2D eigenvalue weighted by atomic mass is 16.5. The highest BCUT2D eigenvalue weighted by Gasteiger charge is 2.17. The first-order chi connectivity index (χ1) is 9.69. The third kappa shape index (κ3) is 3.96. The Hall–Kier alpha value is -2.08. The number of ether oxygens (including phenoxy) is 1. The van der Waals surface area contributed by atoms with Gasteiger partial charge in [0, 0.05) is 11.6 Å². The van der Waals surface area contributed by atoms with Crippen molar-refractivity contribution in [3.63, 3.8) is 0 Å². The minimum Gasteiger partial charge on any atom is -0.497 e. The van der Waals surface area contributed by atoms with E-state index < -0.39 is 11.9 Å². The van der Waals surface area contributed by atoms with Crippen LogP contribution in [0.1, 0.15) is 23.2 Å². The fourth-order valence-corrected chi connectivity index (χ4v) is 2.11. The zero-order valence-corrected chi connectivity index (χ0v) is 11.4. The van der Waals surface area contributed by atoms with Crippen molar-refractivity contribution in [2.24, 2.45) is 0 Å². The fourth-order valence-electron chi connectivity index (χ4n) is 2.11. The minimum absolute atomic E-state index is 0.125. The number of methoxy groups -OCH3 is 1. The Kier molecular flexibility index (Phi) is 4.95. The van der Waals surface area contributed by atoms with Crippen LogP contribution in [0, 0.1) is 0 Å². The van der Waals surface area contributed by atoms with E-state index in [0.29, 0.717) is 11.3 Å². The number of hydrogen-bond acceptors (Lipinski definition) is 4. The lowest BCUT2D eigenvalue weighted by molar-refractivity contribution is 0.0963. The summed E-state index contributed by atoms with van der Waals surface area (Å²) in [6.07, 6.45) is 1.76.